The first kappa shape index (κ1) is 18.4. The summed E-state index contributed by atoms with van der Waals surface area (Å²) in [6.45, 7) is 4.55. The zero-order valence-corrected chi connectivity index (χ0v) is 14.1. The second-order valence-corrected chi connectivity index (χ2v) is 7.44. The molecule has 1 N–H and O–H groups in total. The molecule has 1 atom stereocenters. The fourth-order valence-corrected chi connectivity index (χ4v) is 3.67. The summed E-state index contributed by atoms with van der Waals surface area (Å²) < 4.78 is 40.3. The van der Waals surface area contributed by atoms with Crippen LogP contribution in [-0.2, 0) is 15.8 Å². The lowest BCUT2D eigenvalue weighted by Gasteiger charge is -2.16. The number of rotatable bonds is 9. The molecule has 120 valence electrons. The molecule has 0 amide bonds. The summed E-state index contributed by atoms with van der Waals surface area (Å²) in [5.41, 5.74) is 0.0215. The minimum Gasteiger partial charge on any atom is -0.215 e. The Hall–Kier alpha value is -0.650. The maximum Gasteiger partial charge on any atom is 0.215 e. The normalized spacial score (nSPS) is 13.3. The number of benzene rings is 1. The molecule has 0 aliphatic heterocycles. The van der Waals surface area contributed by atoms with Crippen molar-refractivity contribution in [2.75, 3.05) is 6.54 Å². The molecule has 0 radical (unpaired) electrons. The van der Waals surface area contributed by atoms with E-state index >= 15 is 0 Å². The van der Waals surface area contributed by atoms with E-state index in [9.17, 15) is 12.8 Å². The Labute approximate surface area is 131 Å². The van der Waals surface area contributed by atoms with Crippen LogP contribution in [0.15, 0.2) is 18.2 Å². The maximum atomic E-state index is 13.6. The Morgan fingerprint density at radius 2 is 2.05 bits per heavy atom. The zero-order chi connectivity index (χ0) is 15.9. The van der Waals surface area contributed by atoms with Crippen molar-refractivity contribution >= 4 is 21.6 Å². The van der Waals surface area contributed by atoms with Gasteiger partial charge in [-0.1, -0.05) is 50.8 Å². The van der Waals surface area contributed by atoms with Gasteiger partial charge in [0.05, 0.1) is 5.75 Å². The molecule has 0 heterocycles. The minimum absolute atomic E-state index is 0.0215. The minimum atomic E-state index is -3.58. The first-order valence-corrected chi connectivity index (χ1v) is 9.32. The lowest BCUT2D eigenvalue weighted by atomic mass is 10.00. The quantitative estimate of drug-likeness (QED) is 0.738. The Kier molecular flexibility index (Phi) is 7.63. The highest BCUT2D eigenvalue weighted by atomic mass is 35.5. The molecule has 1 aromatic rings. The van der Waals surface area contributed by atoms with E-state index in [-0.39, 0.29) is 10.6 Å². The molecule has 0 aliphatic rings. The summed E-state index contributed by atoms with van der Waals surface area (Å²) in [5.74, 6) is -0.704. The largest absolute Gasteiger partial charge is 0.215 e. The summed E-state index contributed by atoms with van der Waals surface area (Å²) >= 11 is 5.86. The Morgan fingerprint density at radius 3 is 2.62 bits per heavy atom. The highest BCUT2D eigenvalue weighted by molar-refractivity contribution is 7.88. The van der Waals surface area contributed by atoms with Gasteiger partial charge in [-0.2, -0.15) is 0 Å². The predicted octanol–water partition coefficient (Wildman–Crippen LogP) is 4.11. The number of hydrogen-bond donors (Lipinski definition) is 1. The number of nitrogens with one attached hydrogen (secondary N) is 1. The van der Waals surface area contributed by atoms with Crippen LogP contribution in [-0.4, -0.2) is 15.0 Å². The topological polar surface area (TPSA) is 46.2 Å². The molecule has 0 spiro atoms. The first-order chi connectivity index (χ1) is 9.89. The number of sulfonamides is 1. The molecule has 0 saturated heterocycles. The molecule has 0 bridgehead atoms. The lowest BCUT2D eigenvalue weighted by molar-refractivity contribution is 0.443. The van der Waals surface area contributed by atoms with Crippen LogP contribution in [0.2, 0.25) is 5.02 Å². The van der Waals surface area contributed by atoms with Crippen LogP contribution in [0.1, 0.15) is 45.1 Å². The van der Waals surface area contributed by atoms with Gasteiger partial charge in [0.25, 0.3) is 0 Å². The lowest BCUT2D eigenvalue weighted by Crippen LogP contribution is -2.30. The SMILES string of the molecule is CCCC[C@@H](CC)CNS(=O)(=O)Cc1c(F)cccc1Cl. The van der Waals surface area contributed by atoms with Gasteiger partial charge >= 0.3 is 0 Å². The first-order valence-electron chi connectivity index (χ1n) is 7.29. The van der Waals surface area contributed by atoms with Crippen LogP contribution >= 0.6 is 11.6 Å². The average Bonchev–Trinajstić information content (AvgIpc) is 2.43. The molecule has 21 heavy (non-hydrogen) atoms. The smallest absolute Gasteiger partial charge is 0.215 e. The van der Waals surface area contributed by atoms with E-state index in [1.54, 1.807) is 0 Å². The number of unbranched alkanes of at least 4 members (excludes halogenated alkanes) is 1. The molecular formula is C15H23ClFNO2S. The van der Waals surface area contributed by atoms with Gasteiger partial charge < -0.3 is 0 Å². The highest BCUT2D eigenvalue weighted by Crippen LogP contribution is 2.21. The standard InChI is InChI=1S/C15H23ClFNO2S/c1-3-5-7-12(4-2)10-18-21(19,20)11-13-14(16)8-6-9-15(13)17/h6,8-9,12,18H,3-5,7,10-11H2,1-2H3/t12-/m1/s1. The molecule has 0 fully saturated rings. The van der Waals surface area contributed by atoms with Gasteiger partial charge in [-0.05, 0) is 24.5 Å². The third-order valence-electron chi connectivity index (χ3n) is 3.53. The van der Waals surface area contributed by atoms with Crippen LogP contribution < -0.4 is 4.72 Å². The average molecular weight is 336 g/mol. The molecule has 0 aliphatic carbocycles. The summed E-state index contributed by atoms with van der Waals surface area (Å²) in [6, 6.07) is 4.16. The van der Waals surface area contributed by atoms with Gasteiger partial charge in [0.15, 0.2) is 0 Å². The molecule has 1 rings (SSSR count). The second kappa shape index (κ2) is 8.71. The van der Waals surface area contributed by atoms with Gasteiger partial charge in [0.2, 0.25) is 10.0 Å². The Morgan fingerprint density at radius 1 is 1.33 bits per heavy atom. The predicted molar refractivity (Wildman–Crippen MR) is 85.3 cm³/mol. The van der Waals surface area contributed by atoms with E-state index in [1.165, 1.54) is 18.2 Å². The fraction of sp³-hybridized carbons (Fsp3) is 0.600. The van der Waals surface area contributed by atoms with Crippen LogP contribution in [0.5, 0.6) is 0 Å². The summed E-state index contributed by atoms with van der Waals surface area (Å²) in [6.07, 6.45) is 4.09. The van der Waals surface area contributed by atoms with Crippen molar-refractivity contribution in [3.05, 3.63) is 34.6 Å². The molecule has 1 aromatic carbocycles. The van der Waals surface area contributed by atoms with Crippen LogP contribution in [0.25, 0.3) is 0 Å². The van der Waals surface area contributed by atoms with Gasteiger partial charge in [0, 0.05) is 17.1 Å². The van der Waals surface area contributed by atoms with E-state index in [0.29, 0.717) is 12.5 Å². The van der Waals surface area contributed by atoms with Crippen molar-refractivity contribution in [3.8, 4) is 0 Å². The monoisotopic (exact) mass is 335 g/mol. The van der Waals surface area contributed by atoms with Crippen molar-refractivity contribution in [1.29, 1.82) is 0 Å². The van der Waals surface area contributed by atoms with Crippen LogP contribution in [0.3, 0.4) is 0 Å². The van der Waals surface area contributed by atoms with E-state index in [1.807, 2.05) is 6.92 Å². The van der Waals surface area contributed by atoms with Crippen LogP contribution in [0.4, 0.5) is 4.39 Å². The van der Waals surface area contributed by atoms with Crippen molar-refractivity contribution in [3.63, 3.8) is 0 Å². The van der Waals surface area contributed by atoms with Crippen molar-refractivity contribution in [2.45, 2.75) is 45.3 Å². The van der Waals surface area contributed by atoms with E-state index < -0.39 is 21.6 Å². The second-order valence-electron chi connectivity index (χ2n) is 5.22. The summed E-state index contributed by atoms with van der Waals surface area (Å²) in [7, 11) is -3.58. The number of hydrogen-bond acceptors (Lipinski definition) is 2. The number of halogens is 2. The summed E-state index contributed by atoms with van der Waals surface area (Å²) in [5, 5.41) is 0.137. The van der Waals surface area contributed by atoms with E-state index in [4.69, 9.17) is 11.6 Å². The molecule has 0 unspecified atom stereocenters. The van der Waals surface area contributed by atoms with Crippen molar-refractivity contribution in [1.82, 2.24) is 4.72 Å². The van der Waals surface area contributed by atoms with Crippen molar-refractivity contribution in [2.24, 2.45) is 5.92 Å². The van der Waals surface area contributed by atoms with Gasteiger partial charge in [-0.25, -0.2) is 17.5 Å². The van der Waals surface area contributed by atoms with Gasteiger partial charge in [0.1, 0.15) is 5.82 Å². The molecule has 0 aromatic heterocycles. The molecule has 0 saturated carbocycles. The third kappa shape index (κ3) is 6.32. The fourth-order valence-electron chi connectivity index (χ4n) is 2.10. The van der Waals surface area contributed by atoms with E-state index in [0.717, 1.165) is 25.7 Å². The Bertz CT molecular complexity index is 528. The van der Waals surface area contributed by atoms with E-state index in [2.05, 4.69) is 11.6 Å². The highest BCUT2D eigenvalue weighted by Gasteiger charge is 2.18. The van der Waals surface area contributed by atoms with Gasteiger partial charge in [-0.15, -0.1) is 0 Å². The molecule has 3 nitrogen and oxygen atoms in total. The van der Waals surface area contributed by atoms with Crippen molar-refractivity contribution < 1.29 is 12.8 Å². The third-order valence-corrected chi connectivity index (χ3v) is 5.16. The molecular weight excluding hydrogens is 313 g/mol. The maximum absolute atomic E-state index is 13.6. The van der Waals surface area contributed by atoms with Crippen LogP contribution in [0, 0.1) is 11.7 Å². The van der Waals surface area contributed by atoms with Gasteiger partial charge in [-0.3, -0.25) is 0 Å². The Balaban J connectivity index is 2.65. The molecule has 6 heteroatoms. The summed E-state index contributed by atoms with van der Waals surface area (Å²) in [4.78, 5) is 0. The zero-order valence-electron chi connectivity index (χ0n) is 12.5.